The zero-order chi connectivity index (χ0) is 12.5. The van der Waals surface area contributed by atoms with Gasteiger partial charge >= 0.3 is 0 Å². The van der Waals surface area contributed by atoms with Gasteiger partial charge in [-0.25, -0.2) is 0 Å². The van der Waals surface area contributed by atoms with Crippen LogP contribution in [0.15, 0.2) is 28.7 Å². The summed E-state index contributed by atoms with van der Waals surface area (Å²) in [5.41, 5.74) is 1.71. The summed E-state index contributed by atoms with van der Waals surface area (Å²) in [5, 5.41) is 0. The molecule has 1 aromatic rings. The second kappa shape index (κ2) is 5.11. The van der Waals surface area contributed by atoms with Crippen LogP contribution in [0.1, 0.15) is 51.6 Å². The Bertz CT molecular complexity index is 381. The molecular formula is C15H22BrN. The highest BCUT2D eigenvalue weighted by atomic mass is 79.9. The van der Waals surface area contributed by atoms with Gasteiger partial charge in [0, 0.05) is 16.1 Å². The molecule has 0 aliphatic carbocycles. The van der Waals surface area contributed by atoms with E-state index in [1.807, 2.05) is 0 Å². The first-order valence-electron chi connectivity index (χ1n) is 6.51. The predicted molar refractivity (Wildman–Crippen MR) is 77.2 cm³/mol. The zero-order valence-electron chi connectivity index (χ0n) is 11.0. The lowest BCUT2D eigenvalue weighted by atomic mass is 9.90. The molecular weight excluding hydrogens is 274 g/mol. The molecule has 1 aliphatic heterocycles. The molecule has 1 aliphatic rings. The molecule has 1 saturated heterocycles. The Morgan fingerprint density at radius 2 is 2.00 bits per heavy atom. The van der Waals surface area contributed by atoms with E-state index in [1.165, 1.54) is 35.8 Å². The molecule has 94 valence electrons. The molecule has 0 bridgehead atoms. The molecule has 1 unspecified atom stereocenters. The van der Waals surface area contributed by atoms with E-state index >= 15 is 0 Å². The quantitative estimate of drug-likeness (QED) is 0.721. The Morgan fingerprint density at radius 3 is 2.65 bits per heavy atom. The minimum atomic E-state index is 0.257. The topological polar surface area (TPSA) is 3.24 Å². The van der Waals surface area contributed by atoms with Gasteiger partial charge in [-0.1, -0.05) is 34.5 Å². The Morgan fingerprint density at radius 1 is 1.24 bits per heavy atom. The van der Waals surface area contributed by atoms with Crippen molar-refractivity contribution in [3.63, 3.8) is 0 Å². The summed E-state index contributed by atoms with van der Waals surface area (Å²) >= 11 is 3.58. The van der Waals surface area contributed by atoms with E-state index in [0.29, 0.717) is 6.04 Å². The number of piperidine rings is 1. The van der Waals surface area contributed by atoms with Gasteiger partial charge in [0.25, 0.3) is 0 Å². The summed E-state index contributed by atoms with van der Waals surface area (Å²) in [4.78, 5) is 2.65. The van der Waals surface area contributed by atoms with E-state index in [0.717, 1.165) is 0 Å². The highest BCUT2D eigenvalue weighted by Crippen LogP contribution is 2.36. The van der Waals surface area contributed by atoms with Gasteiger partial charge in [-0.05, 0) is 57.9 Å². The summed E-state index contributed by atoms with van der Waals surface area (Å²) in [6.07, 6.45) is 3.97. The first-order valence-corrected chi connectivity index (χ1v) is 7.30. The highest BCUT2D eigenvalue weighted by Gasteiger charge is 2.31. The molecule has 17 heavy (non-hydrogen) atoms. The van der Waals surface area contributed by atoms with Crippen LogP contribution in [0, 0.1) is 0 Å². The van der Waals surface area contributed by atoms with Crippen LogP contribution >= 0.6 is 15.9 Å². The van der Waals surface area contributed by atoms with E-state index in [4.69, 9.17) is 0 Å². The van der Waals surface area contributed by atoms with Gasteiger partial charge in [0.2, 0.25) is 0 Å². The minimum absolute atomic E-state index is 0.257. The number of halogens is 1. The van der Waals surface area contributed by atoms with Crippen molar-refractivity contribution in [2.45, 2.75) is 51.6 Å². The number of hydrogen-bond donors (Lipinski definition) is 0. The standard InChI is InChI=1S/C15H22BrN/c1-15(2,3)17-10-5-4-9-14(17)12-7-6-8-13(16)11-12/h6-8,11,14H,4-5,9-10H2,1-3H3. The van der Waals surface area contributed by atoms with Crippen LogP contribution in [0.3, 0.4) is 0 Å². The van der Waals surface area contributed by atoms with Crippen LogP contribution < -0.4 is 0 Å². The third-order valence-electron chi connectivity index (χ3n) is 3.60. The lowest BCUT2D eigenvalue weighted by molar-refractivity contribution is 0.0509. The average molecular weight is 296 g/mol. The molecule has 1 aromatic carbocycles. The first-order chi connectivity index (χ1) is 7.98. The molecule has 0 saturated carbocycles. The first kappa shape index (κ1) is 13.1. The van der Waals surface area contributed by atoms with Crippen LogP contribution in [0.4, 0.5) is 0 Å². The Labute approximate surface area is 113 Å². The highest BCUT2D eigenvalue weighted by molar-refractivity contribution is 9.10. The van der Waals surface area contributed by atoms with Crippen molar-refractivity contribution in [2.24, 2.45) is 0 Å². The summed E-state index contributed by atoms with van der Waals surface area (Å²) in [6, 6.07) is 9.37. The van der Waals surface area contributed by atoms with Crippen molar-refractivity contribution in [1.82, 2.24) is 4.90 Å². The largest absolute Gasteiger partial charge is 0.291 e. The molecule has 0 spiro atoms. The Balaban J connectivity index is 2.28. The minimum Gasteiger partial charge on any atom is -0.291 e. The van der Waals surface area contributed by atoms with Crippen LogP contribution in [0.25, 0.3) is 0 Å². The number of rotatable bonds is 1. The van der Waals surface area contributed by atoms with E-state index in [-0.39, 0.29) is 5.54 Å². The van der Waals surface area contributed by atoms with Crippen molar-refractivity contribution in [1.29, 1.82) is 0 Å². The van der Waals surface area contributed by atoms with Crippen LogP contribution in [0.5, 0.6) is 0 Å². The van der Waals surface area contributed by atoms with Crippen LogP contribution in [-0.2, 0) is 0 Å². The van der Waals surface area contributed by atoms with Gasteiger partial charge in [-0.2, -0.15) is 0 Å². The van der Waals surface area contributed by atoms with Crippen molar-refractivity contribution >= 4 is 15.9 Å². The summed E-state index contributed by atoms with van der Waals surface area (Å²) in [7, 11) is 0. The summed E-state index contributed by atoms with van der Waals surface area (Å²) < 4.78 is 1.19. The summed E-state index contributed by atoms with van der Waals surface area (Å²) in [5.74, 6) is 0. The van der Waals surface area contributed by atoms with E-state index in [9.17, 15) is 0 Å². The Hall–Kier alpha value is -0.340. The maximum Gasteiger partial charge on any atom is 0.0353 e. The van der Waals surface area contributed by atoms with Gasteiger partial charge in [-0.3, -0.25) is 4.90 Å². The van der Waals surface area contributed by atoms with Gasteiger partial charge in [0.15, 0.2) is 0 Å². The lowest BCUT2D eigenvalue weighted by Gasteiger charge is -2.45. The van der Waals surface area contributed by atoms with Gasteiger partial charge < -0.3 is 0 Å². The maximum atomic E-state index is 3.58. The van der Waals surface area contributed by atoms with Crippen molar-refractivity contribution < 1.29 is 0 Å². The van der Waals surface area contributed by atoms with Crippen molar-refractivity contribution in [3.05, 3.63) is 34.3 Å². The smallest absolute Gasteiger partial charge is 0.0353 e. The Kier molecular flexibility index (Phi) is 3.94. The third-order valence-corrected chi connectivity index (χ3v) is 4.09. The molecule has 0 amide bonds. The SMILES string of the molecule is CC(C)(C)N1CCCCC1c1cccc(Br)c1. The van der Waals surface area contributed by atoms with Gasteiger partial charge in [-0.15, -0.1) is 0 Å². The molecule has 2 heteroatoms. The predicted octanol–water partition coefficient (Wildman–Crippen LogP) is 4.77. The van der Waals surface area contributed by atoms with E-state index in [2.05, 4.69) is 65.9 Å². The molecule has 1 fully saturated rings. The van der Waals surface area contributed by atoms with Crippen molar-refractivity contribution in [3.8, 4) is 0 Å². The summed E-state index contributed by atoms with van der Waals surface area (Å²) in [6.45, 7) is 8.19. The normalized spacial score (nSPS) is 22.7. The van der Waals surface area contributed by atoms with Gasteiger partial charge in [0.1, 0.15) is 0 Å². The maximum absolute atomic E-state index is 3.58. The molecule has 1 nitrogen and oxygen atoms in total. The monoisotopic (exact) mass is 295 g/mol. The van der Waals surface area contributed by atoms with Crippen LogP contribution in [0.2, 0.25) is 0 Å². The van der Waals surface area contributed by atoms with Crippen LogP contribution in [-0.4, -0.2) is 17.0 Å². The fourth-order valence-corrected chi connectivity index (χ4v) is 3.21. The number of benzene rings is 1. The number of likely N-dealkylation sites (tertiary alicyclic amines) is 1. The second-order valence-corrected chi connectivity index (χ2v) is 6.85. The molecule has 1 heterocycles. The molecule has 0 aromatic heterocycles. The number of nitrogens with zero attached hydrogens (tertiary/aromatic N) is 1. The number of hydrogen-bond acceptors (Lipinski definition) is 1. The van der Waals surface area contributed by atoms with E-state index in [1.54, 1.807) is 0 Å². The third kappa shape index (κ3) is 3.11. The fraction of sp³-hybridized carbons (Fsp3) is 0.600. The second-order valence-electron chi connectivity index (χ2n) is 5.93. The molecule has 1 atom stereocenters. The molecule has 0 N–H and O–H groups in total. The van der Waals surface area contributed by atoms with Gasteiger partial charge in [0.05, 0.1) is 0 Å². The van der Waals surface area contributed by atoms with Crippen molar-refractivity contribution in [2.75, 3.05) is 6.54 Å². The molecule has 0 radical (unpaired) electrons. The fourth-order valence-electron chi connectivity index (χ4n) is 2.79. The zero-order valence-corrected chi connectivity index (χ0v) is 12.6. The van der Waals surface area contributed by atoms with E-state index < -0.39 is 0 Å². The average Bonchev–Trinajstić information content (AvgIpc) is 2.28. The molecule has 2 rings (SSSR count). The lowest BCUT2D eigenvalue weighted by Crippen LogP contribution is -2.46.